The SMILES string of the molecule is CCC(C)CCNC(=O)C1CCCCC1. The van der Waals surface area contributed by atoms with E-state index in [-0.39, 0.29) is 0 Å². The largest absolute Gasteiger partial charge is 0.356 e. The molecule has 2 nitrogen and oxygen atoms in total. The summed E-state index contributed by atoms with van der Waals surface area (Å²) in [5.74, 6) is 1.35. The van der Waals surface area contributed by atoms with Crippen LogP contribution in [0.3, 0.4) is 0 Å². The minimum atomic E-state index is 0.304. The van der Waals surface area contributed by atoms with Crippen LogP contribution >= 0.6 is 0 Å². The van der Waals surface area contributed by atoms with Gasteiger partial charge in [-0.15, -0.1) is 0 Å². The van der Waals surface area contributed by atoms with Crippen LogP contribution in [0.4, 0.5) is 0 Å². The summed E-state index contributed by atoms with van der Waals surface area (Å²) < 4.78 is 0. The van der Waals surface area contributed by atoms with Gasteiger partial charge >= 0.3 is 0 Å². The normalized spacial score (nSPS) is 19.9. The highest BCUT2D eigenvalue weighted by molar-refractivity contribution is 5.78. The molecular weight excluding hydrogens is 186 g/mol. The first-order valence-electron chi connectivity index (χ1n) is 6.51. The molecule has 88 valence electrons. The lowest BCUT2D eigenvalue weighted by atomic mass is 9.88. The highest BCUT2D eigenvalue weighted by Crippen LogP contribution is 2.23. The second-order valence-electron chi connectivity index (χ2n) is 4.93. The molecule has 0 aromatic heterocycles. The van der Waals surface area contributed by atoms with Crippen molar-refractivity contribution in [1.82, 2.24) is 5.32 Å². The van der Waals surface area contributed by atoms with Crippen molar-refractivity contribution < 1.29 is 4.79 Å². The number of hydrogen-bond acceptors (Lipinski definition) is 1. The van der Waals surface area contributed by atoms with E-state index >= 15 is 0 Å². The lowest BCUT2D eigenvalue weighted by Crippen LogP contribution is -2.33. The van der Waals surface area contributed by atoms with E-state index in [4.69, 9.17) is 0 Å². The van der Waals surface area contributed by atoms with Gasteiger partial charge in [-0.3, -0.25) is 4.79 Å². The zero-order valence-corrected chi connectivity index (χ0v) is 10.2. The minimum Gasteiger partial charge on any atom is -0.356 e. The van der Waals surface area contributed by atoms with Gasteiger partial charge < -0.3 is 5.32 Å². The van der Waals surface area contributed by atoms with E-state index in [1.165, 1.54) is 25.7 Å². The predicted molar refractivity (Wildman–Crippen MR) is 63.7 cm³/mol. The second kappa shape index (κ2) is 6.86. The van der Waals surface area contributed by atoms with Crippen LogP contribution in [0.25, 0.3) is 0 Å². The molecule has 0 spiro atoms. The molecule has 15 heavy (non-hydrogen) atoms. The summed E-state index contributed by atoms with van der Waals surface area (Å²) >= 11 is 0. The van der Waals surface area contributed by atoms with Gasteiger partial charge in [0.1, 0.15) is 0 Å². The van der Waals surface area contributed by atoms with Gasteiger partial charge in [0.2, 0.25) is 5.91 Å². The highest BCUT2D eigenvalue weighted by atomic mass is 16.1. The lowest BCUT2D eigenvalue weighted by molar-refractivity contribution is -0.125. The third-order valence-electron chi connectivity index (χ3n) is 3.61. The summed E-state index contributed by atoms with van der Waals surface area (Å²) in [6, 6.07) is 0. The van der Waals surface area contributed by atoms with Gasteiger partial charge in [-0.1, -0.05) is 39.5 Å². The fourth-order valence-electron chi connectivity index (χ4n) is 2.16. The molecule has 1 unspecified atom stereocenters. The van der Waals surface area contributed by atoms with Crippen LogP contribution < -0.4 is 5.32 Å². The predicted octanol–water partition coefficient (Wildman–Crippen LogP) is 3.12. The third-order valence-corrected chi connectivity index (χ3v) is 3.61. The molecule has 1 aliphatic rings. The Bertz CT molecular complexity index is 185. The van der Waals surface area contributed by atoms with E-state index in [1.807, 2.05) is 0 Å². The summed E-state index contributed by atoms with van der Waals surface area (Å²) in [5.41, 5.74) is 0. The Balaban J connectivity index is 2.12. The zero-order valence-electron chi connectivity index (χ0n) is 10.2. The Morgan fingerprint density at radius 2 is 2.00 bits per heavy atom. The average molecular weight is 211 g/mol. The molecule has 0 aliphatic heterocycles. The van der Waals surface area contributed by atoms with Crippen molar-refractivity contribution in [2.75, 3.05) is 6.54 Å². The van der Waals surface area contributed by atoms with Crippen molar-refractivity contribution in [3.63, 3.8) is 0 Å². The van der Waals surface area contributed by atoms with E-state index < -0.39 is 0 Å². The first-order chi connectivity index (χ1) is 7.24. The molecule has 0 bridgehead atoms. The van der Waals surface area contributed by atoms with E-state index in [2.05, 4.69) is 19.2 Å². The van der Waals surface area contributed by atoms with Crippen molar-refractivity contribution in [3.05, 3.63) is 0 Å². The molecule has 0 heterocycles. The van der Waals surface area contributed by atoms with Crippen LogP contribution in [-0.4, -0.2) is 12.5 Å². The van der Waals surface area contributed by atoms with Gasteiger partial charge in [0.25, 0.3) is 0 Å². The monoisotopic (exact) mass is 211 g/mol. The third kappa shape index (κ3) is 4.67. The van der Waals surface area contributed by atoms with Crippen molar-refractivity contribution >= 4 is 5.91 Å². The number of nitrogens with one attached hydrogen (secondary N) is 1. The maximum atomic E-state index is 11.8. The van der Waals surface area contributed by atoms with Crippen molar-refractivity contribution in [2.45, 2.75) is 58.8 Å². The molecular formula is C13H25NO. The molecule has 0 saturated heterocycles. The van der Waals surface area contributed by atoms with E-state index in [1.54, 1.807) is 0 Å². The molecule has 1 aliphatic carbocycles. The summed E-state index contributed by atoms with van der Waals surface area (Å²) in [6.07, 6.45) is 8.34. The summed E-state index contributed by atoms with van der Waals surface area (Å²) in [7, 11) is 0. The van der Waals surface area contributed by atoms with E-state index in [0.717, 1.165) is 31.7 Å². The maximum Gasteiger partial charge on any atom is 0.223 e. The fourth-order valence-corrected chi connectivity index (χ4v) is 2.16. The fraction of sp³-hybridized carbons (Fsp3) is 0.923. The van der Waals surface area contributed by atoms with E-state index in [0.29, 0.717) is 11.8 Å². The number of carbonyl (C=O) groups excluding carboxylic acids is 1. The lowest BCUT2D eigenvalue weighted by Gasteiger charge is -2.21. The van der Waals surface area contributed by atoms with Gasteiger partial charge in [0.05, 0.1) is 0 Å². The first kappa shape index (κ1) is 12.5. The molecule has 0 radical (unpaired) electrons. The van der Waals surface area contributed by atoms with E-state index in [9.17, 15) is 4.79 Å². The first-order valence-corrected chi connectivity index (χ1v) is 6.51. The van der Waals surface area contributed by atoms with Crippen LogP contribution in [0.1, 0.15) is 58.8 Å². The Morgan fingerprint density at radius 1 is 1.33 bits per heavy atom. The Hall–Kier alpha value is -0.530. The Kier molecular flexibility index (Phi) is 5.74. The molecule has 1 N–H and O–H groups in total. The molecule has 1 rings (SSSR count). The van der Waals surface area contributed by atoms with Crippen molar-refractivity contribution in [1.29, 1.82) is 0 Å². The summed E-state index contributed by atoms with van der Waals surface area (Å²) in [6.45, 7) is 5.31. The molecule has 1 saturated carbocycles. The van der Waals surface area contributed by atoms with Crippen LogP contribution in [-0.2, 0) is 4.79 Å². The number of carbonyl (C=O) groups is 1. The smallest absolute Gasteiger partial charge is 0.223 e. The molecule has 0 aromatic rings. The van der Waals surface area contributed by atoms with Crippen LogP contribution in [0, 0.1) is 11.8 Å². The molecule has 1 amide bonds. The van der Waals surface area contributed by atoms with Gasteiger partial charge in [-0.2, -0.15) is 0 Å². The van der Waals surface area contributed by atoms with Crippen LogP contribution in [0.5, 0.6) is 0 Å². The average Bonchev–Trinajstić information content (AvgIpc) is 2.29. The molecule has 2 heteroatoms. The number of hydrogen-bond donors (Lipinski definition) is 1. The maximum absolute atomic E-state index is 11.8. The minimum absolute atomic E-state index is 0.304. The number of rotatable bonds is 5. The summed E-state index contributed by atoms with van der Waals surface area (Å²) in [4.78, 5) is 11.8. The van der Waals surface area contributed by atoms with Gasteiger partial charge in [0, 0.05) is 12.5 Å². The molecule has 0 aromatic carbocycles. The molecule has 1 fully saturated rings. The van der Waals surface area contributed by atoms with Gasteiger partial charge in [-0.25, -0.2) is 0 Å². The quantitative estimate of drug-likeness (QED) is 0.743. The Labute approximate surface area is 93.8 Å². The van der Waals surface area contributed by atoms with Crippen LogP contribution in [0.2, 0.25) is 0 Å². The summed E-state index contributed by atoms with van der Waals surface area (Å²) in [5, 5.41) is 3.08. The van der Waals surface area contributed by atoms with Gasteiger partial charge in [0.15, 0.2) is 0 Å². The Morgan fingerprint density at radius 3 is 2.60 bits per heavy atom. The van der Waals surface area contributed by atoms with Crippen molar-refractivity contribution in [2.24, 2.45) is 11.8 Å². The highest BCUT2D eigenvalue weighted by Gasteiger charge is 2.20. The zero-order chi connectivity index (χ0) is 11.1. The van der Waals surface area contributed by atoms with Crippen LogP contribution in [0.15, 0.2) is 0 Å². The van der Waals surface area contributed by atoms with Crippen molar-refractivity contribution in [3.8, 4) is 0 Å². The number of amides is 1. The molecule has 1 atom stereocenters. The standard InChI is InChI=1S/C13H25NO/c1-3-11(2)9-10-14-13(15)12-7-5-4-6-8-12/h11-12H,3-10H2,1-2H3,(H,14,15). The second-order valence-corrected chi connectivity index (χ2v) is 4.93. The topological polar surface area (TPSA) is 29.1 Å². The van der Waals surface area contributed by atoms with Gasteiger partial charge in [-0.05, 0) is 25.2 Å².